The zero-order valence-electron chi connectivity index (χ0n) is 31.6. The molecule has 3 aliphatic rings. The molecule has 1 aliphatic carbocycles. The van der Waals surface area contributed by atoms with Gasteiger partial charge in [0.05, 0.1) is 5.69 Å². The molecule has 4 atom stereocenters. The highest BCUT2D eigenvalue weighted by Crippen LogP contribution is 2.40. The van der Waals surface area contributed by atoms with Crippen LogP contribution in [-0.2, 0) is 4.79 Å². The molecule has 0 spiro atoms. The van der Waals surface area contributed by atoms with Gasteiger partial charge in [-0.05, 0) is 56.8 Å². The fourth-order valence-corrected chi connectivity index (χ4v) is 4.87. The number of carbonyl (C=O) groups excluding carboxylic acids is 1. The lowest BCUT2D eigenvalue weighted by atomic mass is 9.67. The third kappa shape index (κ3) is 22.4. The molecule has 6 heteroatoms. The lowest BCUT2D eigenvalue weighted by Gasteiger charge is -2.46. The van der Waals surface area contributed by atoms with E-state index < -0.39 is 0 Å². The van der Waals surface area contributed by atoms with Crippen LogP contribution in [-0.4, -0.2) is 27.6 Å². The number of amides is 1. The summed E-state index contributed by atoms with van der Waals surface area (Å²) in [6.45, 7) is 27.5. The number of nitrogens with one attached hydrogen (secondary N) is 3. The largest absolute Gasteiger partial charge is 0.353 e. The fraction of sp³-hybridized carbons (Fsp3) is 0.816. The molecular formula is C38H77N5O. The maximum Gasteiger partial charge on any atom is 0.223 e. The van der Waals surface area contributed by atoms with Gasteiger partial charge in [0.2, 0.25) is 5.91 Å². The molecule has 5 N–H and O–H groups in total. The number of rotatable bonds is 12. The summed E-state index contributed by atoms with van der Waals surface area (Å²) in [6, 6.07) is 0.575. The first-order valence-electron chi connectivity index (χ1n) is 18.1. The average Bonchev–Trinajstić information content (AvgIpc) is 3.49. The average molecular weight is 620 g/mol. The van der Waals surface area contributed by atoms with Crippen molar-refractivity contribution in [3.05, 3.63) is 17.7 Å². The Balaban J connectivity index is -0.000000245. The van der Waals surface area contributed by atoms with Gasteiger partial charge in [-0.2, -0.15) is 0 Å². The van der Waals surface area contributed by atoms with E-state index in [-0.39, 0.29) is 17.9 Å². The molecule has 2 aliphatic heterocycles. The fourth-order valence-electron chi connectivity index (χ4n) is 4.87. The van der Waals surface area contributed by atoms with Crippen LogP contribution >= 0.6 is 0 Å². The zero-order valence-corrected chi connectivity index (χ0v) is 31.6. The van der Waals surface area contributed by atoms with Crippen LogP contribution in [0.25, 0.3) is 0 Å². The Labute approximate surface area is 275 Å². The first-order chi connectivity index (χ1) is 21.1. The van der Waals surface area contributed by atoms with Crippen LogP contribution in [0.2, 0.25) is 0 Å². The minimum absolute atomic E-state index is 0.109. The number of hydrogen-bond donors (Lipinski definition) is 4. The number of unbranched alkanes of at least 4 members (excludes halogenated alkanes) is 1. The van der Waals surface area contributed by atoms with Crippen LogP contribution in [0.5, 0.6) is 0 Å². The van der Waals surface area contributed by atoms with Gasteiger partial charge in [-0.1, -0.05) is 128 Å². The van der Waals surface area contributed by atoms with Gasteiger partial charge in [0.25, 0.3) is 0 Å². The van der Waals surface area contributed by atoms with Gasteiger partial charge >= 0.3 is 0 Å². The molecule has 3 fully saturated rings. The van der Waals surface area contributed by atoms with Crippen molar-refractivity contribution in [2.75, 3.05) is 0 Å². The lowest BCUT2D eigenvalue weighted by Crippen LogP contribution is -2.57. The molecule has 260 valence electrons. The Kier molecular flexibility index (Phi) is 37.4. The molecular weight excluding hydrogens is 542 g/mol. The Bertz CT molecular complexity index is 779. The van der Waals surface area contributed by atoms with Gasteiger partial charge in [-0.15, -0.1) is 12.8 Å². The minimum Gasteiger partial charge on any atom is -0.353 e. The molecule has 1 aromatic rings. The number of terminal acetylenes is 1. The van der Waals surface area contributed by atoms with E-state index in [2.05, 4.69) is 76.6 Å². The molecule has 2 bridgehead atoms. The topological polar surface area (TPSA) is 108 Å². The van der Waals surface area contributed by atoms with Crippen LogP contribution in [0.15, 0.2) is 6.20 Å². The summed E-state index contributed by atoms with van der Waals surface area (Å²) in [4.78, 5) is 18.9. The molecule has 4 unspecified atom stereocenters. The maximum atomic E-state index is 11.5. The van der Waals surface area contributed by atoms with Gasteiger partial charge in [0.15, 0.2) is 0 Å². The number of H-pyrrole nitrogens is 1. The first kappa shape index (κ1) is 48.8. The molecule has 1 amide bonds. The van der Waals surface area contributed by atoms with E-state index in [4.69, 9.17) is 11.1 Å². The van der Waals surface area contributed by atoms with E-state index in [0.29, 0.717) is 30.0 Å². The van der Waals surface area contributed by atoms with E-state index in [0.717, 1.165) is 43.1 Å². The summed E-state index contributed by atoms with van der Waals surface area (Å²) in [5.41, 5.74) is 7.96. The number of nitrogens with zero attached hydrogens (tertiary/aromatic N) is 1. The molecule has 4 rings (SSSR count). The van der Waals surface area contributed by atoms with E-state index in [1.165, 1.54) is 44.9 Å². The number of imidazole rings is 1. The highest BCUT2D eigenvalue weighted by molar-refractivity contribution is 5.89. The zero-order chi connectivity index (χ0) is 35.1. The third-order valence-electron chi connectivity index (χ3n) is 8.07. The predicted molar refractivity (Wildman–Crippen MR) is 197 cm³/mol. The highest BCUT2D eigenvalue weighted by atomic mass is 16.2. The van der Waals surface area contributed by atoms with Crippen LogP contribution in [0.4, 0.5) is 0 Å². The third-order valence-corrected chi connectivity index (χ3v) is 8.07. The quantitative estimate of drug-likeness (QED) is 0.138. The Morgan fingerprint density at radius 1 is 0.955 bits per heavy atom. The number of aromatic nitrogens is 2. The molecule has 3 heterocycles. The molecule has 44 heavy (non-hydrogen) atoms. The molecule has 2 saturated heterocycles. The Hall–Kier alpha value is -2.13. The summed E-state index contributed by atoms with van der Waals surface area (Å²) < 4.78 is 0. The maximum absolute atomic E-state index is 11.5. The summed E-state index contributed by atoms with van der Waals surface area (Å²) in [6.07, 6.45) is 23.8. The lowest BCUT2D eigenvalue weighted by molar-refractivity contribution is -0.135. The summed E-state index contributed by atoms with van der Waals surface area (Å²) >= 11 is 0. The van der Waals surface area contributed by atoms with Crippen molar-refractivity contribution in [1.82, 2.24) is 15.3 Å². The number of piperidine rings is 2. The van der Waals surface area contributed by atoms with Crippen molar-refractivity contribution < 1.29 is 4.79 Å². The summed E-state index contributed by atoms with van der Waals surface area (Å²) in [5.74, 6) is 3.33. The van der Waals surface area contributed by atoms with Crippen molar-refractivity contribution in [2.24, 2.45) is 29.4 Å². The van der Waals surface area contributed by atoms with Gasteiger partial charge < -0.3 is 21.4 Å². The highest BCUT2D eigenvalue weighted by Gasteiger charge is 2.44. The second kappa shape index (κ2) is 33.8. The first-order valence-corrected chi connectivity index (χ1v) is 18.1. The van der Waals surface area contributed by atoms with Gasteiger partial charge in [-0.25, -0.2) is 4.98 Å². The Morgan fingerprint density at radius 2 is 1.48 bits per heavy atom. The number of aromatic amines is 1. The van der Waals surface area contributed by atoms with E-state index in [9.17, 15) is 4.79 Å². The second-order valence-electron chi connectivity index (χ2n) is 11.4. The monoisotopic (exact) mass is 620 g/mol. The van der Waals surface area contributed by atoms with Crippen molar-refractivity contribution in [2.45, 2.75) is 179 Å². The number of fused-ring (bicyclic) bond motifs is 2. The van der Waals surface area contributed by atoms with Crippen LogP contribution in [0, 0.1) is 48.9 Å². The molecule has 0 aromatic carbocycles. The predicted octanol–water partition coefficient (Wildman–Crippen LogP) is 10.8. The number of hydrogen-bond acceptors (Lipinski definition) is 4. The van der Waals surface area contributed by atoms with Crippen LogP contribution < -0.4 is 11.1 Å². The molecule has 0 radical (unpaired) electrons. The smallest absolute Gasteiger partial charge is 0.223 e. The number of aryl methyl sites for hydroxylation is 1. The number of nitrogens with two attached hydrogens (primary N) is 1. The SMILES string of the molecule is C#C.CC.CC.CCC(=N)CC1C(=O)NC2CC1C2.CCCC.CCCC(C)CC.CCCC(CC)C(N)c1cnc(C)[nH]1. The number of carbonyl (C=O) groups is 1. The van der Waals surface area contributed by atoms with Crippen molar-refractivity contribution in [3.8, 4) is 12.8 Å². The molecule has 6 nitrogen and oxygen atoms in total. The van der Waals surface area contributed by atoms with Crippen molar-refractivity contribution in [1.29, 1.82) is 5.41 Å². The van der Waals surface area contributed by atoms with Gasteiger partial charge in [0, 0.05) is 29.9 Å². The standard InChI is InChI=1S/C11H21N3.C10H16N2O.C7H16.C4H10.2C2H6.C2H2/c1-4-6-9(5-2)11(12)10-7-13-8(3)14-10;1-2-7(11)5-9-6-3-8(4-6)12-10(9)13;1-4-6-7(3)5-2;1-3-4-2;3*1-2/h7,9,11H,4-6,12H2,1-3H3,(H,13,14);6,8-9,11H,2-5H2,1H3,(H,12,13);7H,4-6H2,1-3H3;3-4H2,1-2H3;2*1-2H3;1-2H. The van der Waals surface area contributed by atoms with Crippen LogP contribution in [0.1, 0.15) is 178 Å². The van der Waals surface area contributed by atoms with Gasteiger partial charge in [0.1, 0.15) is 5.82 Å². The normalized spacial score (nSPS) is 18.9. The molecule has 1 saturated carbocycles. The Morgan fingerprint density at radius 3 is 1.80 bits per heavy atom. The second-order valence-corrected chi connectivity index (χ2v) is 11.4. The minimum atomic E-state index is 0.109. The summed E-state index contributed by atoms with van der Waals surface area (Å²) in [5, 5.41) is 10.6. The van der Waals surface area contributed by atoms with Crippen molar-refractivity contribution >= 4 is 11.6 Å². The van der Waals surface area contributed by atoms with E-state index in [1.54, 1.807) is 0 Å². The summed E-state index contributed by atoms with van der Waals surface area (Å²) in [7, 11) is 0. The van der Waals surface area contributed by atoms with Crippen molar-refractivity contribution in [3.63, 3.8) is 0 Å². The van der Waals surface area contributed by atoms with E-state index >= 15 is 0 Å². The van der Waals surface area contributed by atoms with E-state index in [1.807, 2.05) is 47.7 Å². The van der Waals surface area contributed by atoms with Crippen LogP contribution in [0.3, 0.4) is 0 Å². The van der Waals surface area contributed by atoms with Gasteiger partial charge in [-0.3, -0.25) is 4.79 Å². The molecule has 1 aromatic heterocycles.